The van der Waals surface area contributed by atoms with Gasteiger partial charge in [0.2, 0.25) is 0 Å². The first-order valence-corrected chi connectivity index (χ1v) is 35.2. The number of thiophene rings is 4. The molecule has 13 aromatic heterocycles. The number of aromatic nitrogens is 17. The molecule has 0 saturated heterocycles. The molecule has 0 aliphatic heterocycles. The van der Waals surface area contributed by atoms with Crippen LogP contribution in [-0.2, 0) is 28.2 Å². The van der Waals surface area contributed by atoms with Crippen LogP contribution in [-0.4, -0.2) is 95.8 Å². The quantitative estimate of drug-likeness (QED) is 0.0835. The topological polar surface area (TPSA) is 286 Å². The molecule has 0 fully saturated rings. The Hall–Kier alpha value is -11.4. The van der Waals surface area contributed by atoms with Gasteiger partial charge in [0.05, 0.1) is 34.8 Å². The number of pyridine rings is 1. The minimum absolute atomic E-state index is 0.119. The van der Waals surface area contributed by atoms with Crippen molar-refractivity contribution in [3.63, 3.8) is 0 Å². The van der Waals surface area contributed by atoms with E-state index in [-0.39, 0.29) is 28.3 Å². The van der Waals surface area contributed by atoms with Gasteiger partial charge in [-0.25, -0.2) is 39.9 Å². The predicted molar refractivity (Wildman–Crippen MR) is 400 cm³/mol. The second-order valence-electron chi connectivity index (χ2n) is 24.2. The molecule has 16 aromatic rings. The molecule has 27 heteroatoms. The number of H-pyrrole nitrogens is 4. The lowest BCUT2D eigenvalue weighted by Gasteiger charge is -2.13. The summed E-state index contributed by atoms with van der Waals surface area (Å²) in [5.74, 6) is 6.61. The number of nitrogens with zero attached hydrogens (tertiary/aromatic N) is 13. The summed E-state index contributed by atoms with van der Waals surface area (Å²) in [5.41, 5.74) is 12.1. The van der Waals surface area contributed by atoms with E-state index in [4.69, 9.17) is 19.4 Å². The van der Waals surface area contributed by atoms with Gasteiger partial charge in [-0.2, -0.15) is 0 Å². The van der Waals surface area contributed by atoms with Crippen LogP contribution in [0.1, 0.15) is 43.8 Å². The molecule has 0 radical (unpaired) electrons. The number of hydrogen-bond donors (Lipinski definition) is 4. The van der Waals surface area contributed by atoms with Crippen LogP contribution in [0.5, 0.6) is 11.5 Å². The van der Waals surface area contributed by atoms with Crippen LogP contribution in [0.2, 0.25) is 0 Å². The van der Waals surface area contributed by atoms with Crippen molar-refractivity contribution in [1.29, 1.82) is 0 Å². The van der Waals surface area contributed by atoms with Crippen molar-refractivity contribution in [3.8, 4) is 103 Å². The van der Waals surface area contributed by atoms with Crippen LogP contribution in [0.3, 0.4) is 0 Å². The molecular formula is C73H67N17O6S4. The third kappa shape index (κ3) is 13.9. The van der Waals surface area contributed by atoms with Crippen molar-refractivity contribution in [2.45, 2.75) is 54.6 Å². The van der Waals surface area contributed by atoms with E-state index in [0.29, 0.717) is 94.5 Å². The van der Waals surface area contributed by atoms with Gasteiger partial charge in [-0.1, -0.05) is 68.4 Å². The van der Waals surface area contributed by atoms with Crippen molar-refractivity contribution in [2.75, 3.05) is 6.61 Å². The standard InChI is InChI=1S/C21H22N4O2S.C20H20N4O2S.C16H13N5OS.C16H12N4OS/c1-11(2)27-15-7-6-14(10-12(15)3)16-13(4)28-18-17(16)23-19(24-21(18)26)20-22-8-9-25(20)5;1-12(2)10-26-14-6-4-13(5-7-14)15-11-27-17-16(15)22-18(23-20(17)25)19-21-8-9-24(19)3;1-9-3-4-10(7-18-9)11-8-23-13-12(11)19-14(20-16(13)22)15-17-5-6-21(15)2;1-20-8-7-17-15(20)14-18-12-11(10-5-3-2-4-6-10)9-22-13(12)16(21)19-14/h6-11H,1-5H3,(H,23,24,26);4-9,11-12H,10H2,1-3H3,(H,22,23,25);3-8H,1-2H3,(H,19,20,22);2-9H,1H3,(H,18,19,21). The number of ether oxygens (including phenoxy) is 2. The number of aryl methyl sites for hydroxylation is 7. The molecule has 0 saturated carbocycles. The lowest BCUT2D eigenvalue weighted by Crippen LogP contribution is -2.09. The van der Waals surface area contributed by atoms with Gasteiger partial charge in [0, 0.05) is 138 Å². The molecule has 0 bridgehead atoms. The summed E-state index contributed by atoms with van der Waals surface area (Å²) in [5, 5.41) is 5.89. The van der Waals surface area contributed by atoms with Crippen LogP contribution in [0.25, 0.3) is 132 Å². The van der Waals surface area contributed by atoms with Crippen LogP contribution in [0.4, 0.5) is 0 Å². The minimum Gasteiger partial charge on any atom is -0.493 e. The van der Waals surface area contributed by atoms with E-state index in [1.165, 1.54) is 45.3 Å². The highest BCUT2D eigenvalue weighted by Gasteiger charge is 2.22. The van der Waals surface area contributed by atoms with Gasteiger partial charge < -0.3 is 47.7 Å². The fourth-order valence-electron chi connectivity index (χ4n) is 11.1. The summed E-state index contributed by atoms with van der Waals surface area (Å²) in [6.07, 6.45) is 16.0. The van der Waals surface area contributed by atoms with Crippen LogP contribution >= 0.6 is 45.3 Å². The Balaban J connectivity index is 0.000000120. The third-order valence-electron chi connectivity index (χ3n) is 16.0. The first-order chi connectivity index (χ1) is 48.2. The highest BCUT2D eigenvalue weighted by Crippen LogP contribution is 2.39. The van der Waals surface area contributed by atoms with Crippen molar-refractivity contribution in [2.24, 2.45) is 34.1 Å². The molecule has 3 aromatic carbocycles. The van der Waals surface area contributed by atoms with Crippen molar-refractivity contribution in [1.82, 2.24) is 83.1 Å². The summed E-state index contributed by atoms with van der Waals surface area (Å²) in [6, 6.07) is 27.9. The maximum Gasteiger partial charge on any atom is 0.269 e. The van der Waals surface area contributed by atoms with Gasteiger partial charge in [0.25, 0.3) is 22.2 Å². The van der Waals surface area contributed by atoms with E-state index in [1.54, 1.807) is 31.0 Å². The zero-order valence-corrected chi connectivity index (χ0v) is 59.5. The zero-order valence-electron chi connectivity index (χ0n) is 56.3. The van der Waals surface area contributed by atoms with Gasteiger partial charge in [-0.05, 0) is 93.1 Å². The molecule has 23 nitrogen and oxygen atoms in total. The SMILES string of the molecule is CC(C)COc1ccc(-c2csc3c(=O)[nH]c(-c4nccn4C)nc23)cc1.Cc1cc(-c2c(C)sc3c(=O)[nH]c(-c4nccn4C)nc23)ccc1OC(C)C.Cc1ccc(-c2csc3c(=O)[nH]c(-c4nccn4C)nc23)cn1.Cn1ccnc1-c1nc2c(-c3ccccc3)csc2c(=O)[nH]1. The van der Waals surface area contributed by atoms with Gasteiger partial charge >= 0.3 is 0 Å². The minimum atomic E-state index is -0.149. The molecule has 16 rings (SSSR count). The molecular weight excluding hydrogens is 1340 g/mol. The normalized spacial score (nSPS) is 11.3. The highest BCUT2D eigenvalue weighted by molar-refractivity contribution is 7.19. The summed E-state index contributed by atoms with van der Waals surface area (Å²) >= 11 is 5.67. The Morgan fingerprint density at radius 1 is 0.460 bits per heavy atom. The second kappa shape index (κ2) is 28.6. The van der Waals surface area contributed by atoms with Crippen molar-refractivity contribution < 1.29 is 9.47 Å². The Morgan fingerprint density at radius 3 is 1.27 bits per heavy atom. The molecule has 4 N–H and O–H groups in total. The summed E-state index contributed by atoms with van der Waals surface area (Å²) in [4.78, 5) is 102. The first kappa shape index (κ1) is 67.2. The number of aromatic amines is 4. The number of imidazole rings is 4. The first-order valence-electron chi connectivity index (χ1n) is 31.7. The lowest BCUT2D eigenvalue weighted by atomic mass is 10.0. The van der Waals surface area contributed by atoms with E-state index in [1.807, 2.05) is 201 Å². The smallest absolute Gasteiger partial charge is 0.269 e. The fourth-order valence-corrected chi connectivity index (χ4v) is 14.8. The summed E-state index contributed by atoms with van der Waals surface area (Å²) in [6.45, 7) is 14.9. The predicted octanol–water partition coefficient (Wildman–Crippen LogP) is 14.4. The van der Waals surface area contributed by atoms with E-state index in [2.05, 4.69) is 74.7 Å². The molecule has 0 atom stereocenters. The molecule has 0 unspecified atom stereocenters. The Labute approximate surface area is 587 Å². The van der Waals surface area contributed by atoms with E-state index < -0.39 is 0 Å². The van der Waals surface area contributed by atoms with Crippen LogP contribution in [0, 0.1) is 26.7 Å². The Kier molecular flexibility index (Phi) is 19.2. The number of rotatable bonds is 13. The average Bonchev–Trinajstić information content (AvgIpc) is 1.62. The molecule has 0 amide bonds. The maximum absolute atomic E-state index is 12.7. The number of fused-ring (bicyclic) bond motifs is 4. The van der Waals surface area contributed by atoms with E-state index in [0.717, 1.165) is 77.7 Å². The second-order valence-corrected chi connectivity index (χ2v) is 28.1. The van der Waals surface area contributed by atoms with Crippen molar-refractivity contribution in [3.05, 3.63) is 214 Å². The van der Waals surface area contributed by atoms with Gasteiger partial charge in [0.15, 0.2) is 46.6 Å². The Bertz CT molecular complexity index is 5880. The van der Waals surface area contributed by atoms with Crippen molar-refractivity contribution >= 4 is 86.2 Å². The number of hydrogen-bond acceptors (Lipinski definition) is 19. The summed E-state index contributed by atoms with van der Waals surface area (Å²) in [7, 11) is 7.49. The largest absolute Gasteiger partial charge is 0.493 e. The van der Waals surface area contributed by atoms with Crippen LogP contribution in [0.15, 0.2) is 176 Å². The monoisotopic (exact) mass is 1410 g/mol. The lowest BCUT2D eigenvalue weighted by molar-refractivity contribution is 0.241. The van der Waals surface area contributed by atoms with Gasteiger partial charge in [-0.15, -0.1) is 45.3 Å². The number of nitrogens with one attached hydrogen (secondary N) is 4. The van der Waals surface area contributed by atoms with Gasteiger partial charge in [0.1, 0.15) is 30.3 Å². The molecule has 13 heterocycles. The maximum atomic E-state index is 12.7. The number of benzene rings is 3. The molecule has 504 valence electrons. The molecule has 0 spiro atoms. The van der Waals surface area contributed by atoms with E-state index >= 15 is 0 Å². The molecule has 0 aliphatic carbocycles. The highest BCUT2D eigenvalue weighted by atomic mass is 32.1. The molecule has 0 aliphatic rings. The fraction of sp³-hybridized carbons (Fsp3) is 0.192. The Morgan fingerprint density at radius 2 is 0.870 bits per heavy atom. The van der Waals surface area contributed by atoms with Crippen LogP contribution < -0.4 is 31.7 Å². The molecule has 100 heavy (non-hydrogen) atoms. The van der Waals surface area contributed by atoms with E-state index in [9.17, 15) is 19.2 Å². The average molecular weight is 1410 g/mol. The third-order valence-corrected chi connectivity index (χ3v) is 20.0. The summed E-state index contributed by atoms with van der Waals surface area (Å²) < 4.78 is 21.4. The van der Waals surface area contributed by atoms with Gasteiger partial charge in [-0.3, -0.25) is 24.2 Å². The zero-order chi connectivity index (χ0) is 70.0.